The number of hydrogen-bond donors (Lipinski definition) is 0. The first kappa shape index (κ1) is 16.7. The molecule has 0 radical (unpaired) electrons. The van der Waals surface area contributed by atoms with Crippen molar-refractivity contribution in [2.24, 2.45) is 0 Å². The van der Waals surface area contributed by atoms with Gasteiger partial charge in [0, 0.05) is 45.5 Å². The summed E-state index contributed by atoms with van der Waals surface area (Å²) < 4.78 is 5.34. The van der Waals surface area contributed by atoms with E-state index in [1.165, 1.54) is 0 Å². The summed E-state index contributed by atoms with van der Waals surface area (Å²) in [6.45, 7) is 5.84. The predicted octanol–water partition coefficient (Wildman–Crippen LogP) is 0.671. The smallest absolute Gasteiger partial charge is 0.274 e. The number of anilines is 2. The van der Waals surface area contributed by atoms with Gasteiger partial charge in [0.15, 0.2) is 0 Å². The Balaban J connectivity index is 1.36. The molecule has 0 atom stereocenters. The first-order valence-corrected chi connectivity index (χ1v) is 8.91. The van der Waals surface area contributed by atoms with Gasteiger partial charge in [-0.15, -0.1) is 0 Å². The number of ether oxygens (including phenoxy) is 1. The highest BCUT2D eigenvalue weighted by Crippen LogP contribution is 2.15. The summed E-state index contributed by atoms with van der Waals surface area (Å²) in [7, 11) is 0. The second kappa shape index (κ2) is 7.65. The molecule has 2 aliphatic heterocycles. The fraction of sp³-hybridized carbons (Fsp3) is 0.444. The van der Waals surface area contributed by atoms with E-state index in [1.807, 2.05) is 23.1 Å². The van der Waals surface area contributed by atoms with Crippen molar-refractivity contribution >= 4 is 17.5 Å². The molecule has 1 amide bonds. The van der Waals surface area contributed by atoms with Crippen LogP contribution in [0, 0.1) is 0 Å². The number of hydrogen-bond acceptors (Lipinski definition) is 7. The Labute approximate surface area is 152 Å². The Kier molecular flexibility index (Phi) is 4.92. The van der Waals surface area contributed by atoms with Gasteiger partial charge >= 0.3 is 0 Å². The second-order valence-corrected chi connectivity index (χ2v) is 6.33. The normalized spacial score (nSPS) is 18.1. The molecule has 2 aromatic heterocycles. The van der Waals surface area contributed by atoms with Crippen molar-refractivity contribution in [3.8, 4) is 0 Å². The topological polar surface area (TPSA) is 74.7 Å². The number of piperazine rings is 1. The van der Waals surface area contributed by atoms with Crippen LogP contribution < -0.4 is 9.80 Å². The minimum atomic E-state index is -0.0632. The van der Waals surface area contributed by atoms with Gasteiger partial charge < -0.3 is 19.4 Å². The third-order valence-electron chi connectivity index (χ3n) is 4.73. The van der Waals surface area contributed by atoms with Crippen molar-refractivity contribution in [3.05, 3.63) is 42.5 Å². The highest BCUT2D eigenvalue weighted by atomic mass is 16.5. The first-order valence-electron chi connectivity index (χ1n) is 8.91. The molecule has 4 heterocycles. The van der Waals surface area contributed by atoms with Crippen LogP contribution in [-0.2, 0) is 4.74 Å². The summed E-state index contributed by atoms with van der Waals surface area (Å²) in [4.78, 5) is 32.0. The van der Waals surface area contributed by atoms with E-state index in [0.29, 0.717) is 32.0 Å². The lowest BCUT2D eigenvalue weighted by Crippen LogP contribution is -2.49. The molecule has 0 aromatic carbocycles. The monoisotopic (exact) mass is 354 g/mol. The molecule has 0 unspecified atom stereocenters. The minimum Gasteiger partial charge on any atom is -0.378 e. The summed E-state index contributed by atoms with van der Waals surface area (Å²) in [5, 5.41) is 0. The van der Waals surface area contributed by atoms with E-state index in [4.69, 9.17) is 4.74 Å². The number of morpholine rings is 1. The van der Waals surface area contributed by atoms with Gasteiger partial charge in [0.2, 0.25) is 0 Å². The summed E-state index contributed by atoms with van der Waals surface area (Å²) in [6, 6.07) is 5.88. The molecule has 2 aliphatic rings. The van der Waals surface area contributed by atoms with Gasteiger partial charge in [0.25, 0.3) is 5.91 Å². The van der Waals surface area contributed by atoms with Crippen LogP contribution >= 0.6 is 0 Å². The van der Waals surface area contributed by atoms with Crippen molar-refractivity contribution in [2.45, 2.75) is 0 Å². The lowest BCUT2D eigenvalue weighted by Gasteiger charge is -2.35. The average Bonchev–Trinajstić information content (AvgIpc) is 2.75. The Morgan fingerprint density at radius 1 is 0.846 bits per heavy atom. The zero-order valence-electron chi connectivity index (χ0n) is 14.6. The first-order chi connectivity index (χ1) is 12.8. The highest BCUT2D eigenvalue weighted by Gasteiger charge is 2.24. The van der Waals surface area contributed by atoms with Crippen molar-refractivity contribution in [2.75, 3.05) is 62.3 Å². The maximum Gasteiger partial charge on any atom is 0.274 e. The van der Waals surface area contributed by atoms with Crippen LogP contribution in [0.15, 0.2) is 36.8 Å². The van der Waals surface area contributed by atoms with Crippen molar-refractivity contribution < 1.29 is 9.53 Å². The maximum absolute atomic E-state index is 12.7. The standard InChI is InChI=1S/C18H22N6O2/c25-18(15-13-21-17(14-20-15)23-9-11-26-12-10-23)24-7-5-22(6-8-24)16-3-1-2-4-19-16/h1-4,13-14H,5-12H2. The number of carbonyl (C=O) groups excluding carboxylic acids is 1. The zero-order chi connectivity index (χ0) is 17.8. The Hall–Kier alpha value is -2.74. The van der Waals surface area contributed by atoms with Gasteiger partial charge in [0.1, 0.15) is 17.3 Å². The summed E-state index contributed by atoms with van der Waals surface area (Å²) >= 11 is 0. The number of carbonyl (C=O) groups is 1. The van der Waals surface area contributed by atoms with Crippen molar-refractivity contribution in [3.63, 3.8) is 0 Å². The van der Waals surface area contributed by atoms with Gasteiger partial charge in [0.05, 0.1) is 25.6 Å². The van der Waals surface area contributed by atoms with Gasteiger partial charge in [-0.2, -0.15) is 0 Å². The summed E-state index contributed by atoms with van der Waals surface area (Å²) in [5.41, 5.74) is 0.397. The molecule has 0 N–H and O–H groups in total. The number of aromatic nitrogens is 3. The Morgan fingerprint density at radius 3 is 2.27 bits per heavy atom. The molecule has 8 heteroatoms. The Morgan fingerprint density at radius 2 is 1.62 bits per heavy atom. The molecule has 26 heavy (non-hydrogen) atoms. The third kappa shape index (κ3) is 3.60. The van der Waals surface area contributed by atoms with Gasteiger partial charge in [-0.1, -0.05) is 6.07 Å². The van der Waals surface area contributed by atoms with E-state index in [9.17, 15) is 4.79 Å². The van der Waals surface area contributed by atoms with E-state index in [-0.39, 0.29) is 5.91 Å². The quantitative estimate of drug-likeness (QED) is 0.802. The van der Waals surface area contributed by atoms with Crippen LogP contribution in [0.1, 0.15) is 10.5 Å². The molecule has 136 valence electrons. The van der Waals surface area contributed by atoms with E-state index < -0.39 is 0 Å². The van der Waals surface area contributed by atoms with Crippen molar-refractivity contribution in [1.29, 1.82) is 0 Å². The number of pyridine rings is 1. The molecular weight excluding hydrogens is 332 g/mol. The number of amides is 1. The van der Waals surface area contributed by atoms with Gasteiger partial charge in [-0.25, -0.2) is 15.0 Å². The molecule has 8 nitrogen and oxygen atoms in total. The van der Waals surface area contributed by atoms with Gasteiger partial charge in [-0.05, 0) is 12.1 Å². The molecule has 2 fully saturated rings. The summed E-state index contributed by atoms with van der Waals surface area (Å²) in [6.07, 6.45) is 5.05. The maximum atomic E-state index is 12.7. The van der Waals surface area contributed by atoms with E-state index in [2.05, 4.69) is 24.8 Å². The molecule has 4 rings (SSSR count). The molecular formula is C18H22N6O2. The lowest BCUT2D eigenvalue weighted by atomic mass is 10.2. The average molecular weight is 354 g/mol. The summed E-state index contributed by atoms with van der Waals surface area (Å²) in [5.74, 6) is 1.69. The van der Waals surface area contributed by atoms with E-state index in [1.54, 1.807) is 18.6 Å². The Bertz CT molecular complexity index is 725. The number of rotatable bonds is 3. The zero-order valence-corrected chi connectivity index (χ0v) is 14.6. The van der Waals surface area contributed by atoms with Crippen molar-refractivity contribution in [1.82, 2.24) is 19.9 Å². The van der Waals surface area contributed by atoms with Crippen LogP contribution in [-0.4, -0.2) is 78.2 Å². The molecule has 0 bridgehead atoms. The van der Waals surface area contributed by atoms with Crippen LogP contribution in [0.3, 0.4) is 0 Å². The fourth-order valence-corrected chi connectivity index (χ4v) is 3.23. The van der Waals surface area contributed by atoms with E-state index >= 15 is 0 Å². The van der Waals surface area contributed by atoms with Crippen LogP contribution in [0.5, 0.6) is 0 Å². The van der Waals surface area contributed by atoms with Crippen LogP contribution in [0.25, 0.3) is 0 Å². The highest BCUT2D eigenvalue weighted by molar-refractivity contribution is 5.92. The largest absolute Gasteiger partial charge is 0.378 e. The molecule has 0 saturated carbocycles. The van der Waals surface area contributed by atoms with Crippen LogP contribution in [0.4, 0.5) is 11.6 Å². The molecule has 2 aromatic rings. The predicted molar refractivity (Wildman–Crippen MR) is 97.4 cm³/mol. The van der Waals surface area contributed by atoms with Crippen LogP contribution in [0.2, 0.25) is 0 Å². The molecule has 0 aliphatic carbocycles. The third-order valence-corrected chi connectivity index (χ3v) is 4.73. The second-order valence-electron chi connectivity index (χ2n) is 6.33. The SMILES string of the molecule is O=C(c1cnc(N2CCOCC2)cn1)N1CCN(c2ccccn2)CC1. The molecule has 2 saturated heterocycles. The minimum absolute atomic E-state index is 0.0632. The lowest BCUT2D eigenvalue weighted by molar-refractivity contribution is 0.0740. The number of nitrogens with zero attached hydrogens (tertiary/aromatic N) is 6. The van der Waals surface area contributed by atoms with Gasteiger partial charge in [-0.3, -0.25) is 4.79 Å². The van der Waals surface area contributed by atoms with E-state index in [0.717, 1.165) is 37.8 Å². The molecule has 0 spiro atoms. The fourth-order valence-electron chi connectivity index (χ4n) is 3.23.